The standard InChI is InChI=1S/C18H30N4O2/c1-18(2,3)21-17(19)20-7-9-22-8-6-13-10-15(23-4)16(24-5)11-14(13)12-22/h10-11H,6-9,12H2,1-5H3,(H3,19,20,21). The molecular weight excluding hydrogens is 304 g/mol. The van der Waals surface area contributed by atoms with E-state index in [9.17, 15) is 0 Å². The lowest BCUT2D eigenvalue weighted by Gasteiger charge is -2.29. The molecule has 0 fully saturated rings. The van der Waals surface area contributed by atoms with Crippen molar-refractivity contribution >= 4 is 5.96 Å². The molecule has 0 spiro atoms. The quantitative estimate of drug-likeness (QED) is 0.634. The monoisotopic (exact) mass is 334 g/mol. The number of nitrogens with one attached hydrogen (secondary N) is 1. The molecule has 0 atom stereocenters. The van der Waals surface area contributed by atoms with E-state index in [4.69, 9.17) is 15.2 Å². The summed E-state index contributed by atoms with van der Waals surface area (Å²) in [6.45, 7) is 9.70. The minimum absolute atomic E-state index is 0.0622. The highest BCUT2D eigenvalue weighted by atomic mass is 16.5. The fourth-order valence-corrected chi connectivity index (χ4v) is 2.87. The van der Waals surface area contributed by atoms with Crippen LogP contribution in [0.25, 0.3) is 0 Å². The molecule has 1 heterocycles. The molecule has 0 aliphatic carbocycles. The SMILES string of the molecule is COc1cc2c(cc1OC)CN(CCN=C(N)NC(C)(C)C)CC2. The van der Waals surface area contributed by atoms with Crippen molar-refractivity contribution in [2.45, 2.75) is 39.3 Å². The van der Waals surface area contributed by atoms with Gasteiger partial charge in [0.25, 0.3) is 0 Å². The van der Waals surface area contributed by atoms with Crippen LogP contribution in [0.1, 0.15) is 31.9 Å². The van der Waals surface area contributed by atoms with Gasteiger partial charge >= 0.3 is 0 Å². The number of hydrogen-bond acceptors (Lipinski definition) is 4. The van der Waals surface area contributed by atoms with Crippen molar-refractivity contribution < 1.29 is 9.47 Å². The molecule has 0 bridgehead atoms. The van der Waals surface area contributed by atoms with E-state index in [1.165, 1.54) is 11.1 Å². The van der Waals surface area contributed by atoms with Gasteiger partial charge < -0.3 is 20.5 Å². The van der Waals surface area contributed by atoms with Gasteiger partial charge in [0.1, 0.15) is 0 Å². The lowest BCUT2D eigenvalue weighted by molar-refractivity contribution is 0.260. The van der Waals surface area contributed by atoms with Crippen LogP contribution in [0.4, 0.5) is 0 Å². The fraction of sp³-hybridized carbons (Fsp3) is 0.611. The van der Waals surface area contributed by atoms with E-state index in [0.29, 0.717) is 12.5 Å². The Morgan fingerprint density at radius 3 is 2.42 bits per heavy atom. The molecule has 3 N–H and O–H groups in total. The summed E-state index contributed by atoms with van der Waals surface area (Å²) in [4.78, 5) is 6.81. The minimum Gasteiger partial charge on any atom is -0.493 e. The van der Waals surface area contributed by atoms with Gasteiger partial charge in [-0.05, 0) is 50.5 Å². The predicted octanol–water partition coefficient (Wildman–Crippen LogP) is 1.76. The largest absolute Gasteiger partial charge is 0.493 e. The topological polar surface area (TPSA) is 72.1 Å². The van der Waals surface area contributed by atoms with Crippen molar-refractivity contribution in [3.8, 4) is 11.5 Å². The first-order valence-corrected chi connectivity index (χ1v) is 8.36. The predicted molar refractivity (Wildman–Crippen MR) is 97.9 cm³/mol. The van der Waals surface area contributed by atoms with Crippen LogP contribution >= 0.6 is 0 Å². The molecule has 24 heavy (non-hydrogen) atoms. The van der Waals surface area contributed by atoms with Crippen LogP contribution in [0, 0.1) is 0 Å². The highest BCUT2D eigenvalue weighted by Gasteiger charge is 2.19. The third-order valence-electron chi connectivity index (χ3n) is 4.00. The maximum atomic E-state index is 5.91. The number of nitrogens with two attached hydrogens (primary N) is 1. The smallest absolute Gasteiger partial charge is 0.189 e. The molecule has 1 aliphatic rings. The fourth-order valence-electron chi connectivity index (χ4n) is 2.87. The highest BCUT2D eigenvalue weighted by molar-refractivity contribution is 5.78. The highest BCUT2D eigenvalue weighted by Crippen LogP contribution is 2.33. The van der Waals surface area contributed by atoms with Gasteiger partial charge in [0.15, 0.2) is 17.5 Å². The molecule has 0 saturated heterocycles. The molecule has 1 aromatic rings. The van der Waals surface area contributed by atoms with E-state index in [0.717, 1.165) is 37.6 Å². The zero-order chi connectivity index (χ0) is 17.7. The summed E-state index contributed by atoms with van der Waals surface area (Å²) in [6, 6.07) is 4.17. The van der Waals surface area contributed by atoms with Crippen LogP contribution in [0.15, 0.2) is 17.1 Å². The third-order valence-corrected chi connectivity index (χ3v) is 4.00. The average molecular weight is 334 g/mol. The molecule has 0 radical (unpaired) electrons. The molecule has 6 heteroatoms. The second-order valence-electron chi connectivity index (χ2n) is 7.14. The Morgan fingerprint density at radius 2 is 1.83 bits per heavy atom. The van der Waals surface area contributed by atoms with Gasteiger partial charge in [-0.2, -0.15) is 0 Å². The Kier molecular flexibility index (Phi) is 5.94. The number of nitrogens with zero attached hydrogens (tertiary/aromatic N) is 2. The summed E-state index contributed by atoms with van der Waals surface area (Å²) in [7, 11) is 3.35. The molecule has 2 rings (SSSR count). The minimum atomic E-state index is -0.0622. The van der Waals surface area contributed by atoms with Crippen molar-refractivity contribution in [1.82, 2.24) is 10.2 Å². The third kappa shape index (κ3) is 5.03. The van der Waals surface area contributed by atoms with Crippen LogP contribution in [0.5, 0.6) is 11.5 Å². The zero-order valence-electron chi connectivity index (χ0n) is 15.5. The number of aliphatic imine (C=N–C) groups is 1. The average Bonchev–Trinajstić information content (AvgIpc) is 2.51. The van der Waals surface area contributed by atoms with Crippen molar-refractivity contribution in [3.05, 3.63) is 23.3 Å². The number of rotatable bonds is 5. The second kappa shape index (κ2) is 7.75. The summed E-state index contributed by atoms with van der Waals surface area (Å²) < 4.78 is 10.8. The molecule has 1 aromatic carbocycles. The van der Waals surface area contributed by atoms with Gasteiger partial charge in [-0.1, -0.05) is 0 Å². The molecule has 0 saturated carbocycles. The van der Waals surface area contributed by atoms with E-state index in [2.05, 4.69) is 48.1 Å². The number of hydrogen-bond donors (Lipinski definition) is 2. The lowest BCUT2D eigenvalue weighted by Crippen LogP contribution is -2.45. The zero-order valence-corrected chi connectivity index (χ0v) is 15.5. The van der Waals surface area contributed by atoms with Crippen LogP contribution in [-0.4, -0.2) is 50.3 Å². The maximum Gasteiger partial charge on any atom is 0.189 e. The molecule has 0 amide bonds. The Bertz CT molecular complexity index is 593. The first-order valence-electron chi connectivity index (χ1n) is 8.36. The van der Waals surface area contributed by atoms with Gasteiger partial charge in [-0.25, -0.2) is 0 Å². The van der Waals surface area contributed by atoms with E-state index in [1.807, 2.05) is 0 Å². The molecule has 134 valence electrons. The molecule has 1 aliphatic heterocycles. The van der Waals surface area contributed by atoms with Gasteiger partial charge in [-0.3, -0.25) is 9.89 Å². The van der Waals surface area contributed by atoms with Crippen molar-refractivity contribution in [1.29, 1.82) is 0 Å². The van der Waals surface area contributed by atoms with Crippen molar-refractivity contribution in [2.24, 2.45) is 10.7 Å². The van der Waals surface area contributed by atoms with Gasteiger partial charge in [0.2, 0.25) is 0 Å². The Balaban J connectivity index is 1.94. The van der Waals surface area contributed by atoms with E-state index in [1.54, 1.807) is 14.2 Å². The Morgan fingerprint density at radius 1 is 1.21 bits per heavy atom. The van der Waals surface area contributed by atoms with Crippen molar-refractivity contribution in [3.63, 3.8) is 0 Å². The van der Waals surface area contributed by atoms with E-state index >= 15 is 0 Å². The van der Waals surface area contributed by atoms with Gasteiger partial charge in [0, 0.05) is 25.2 Å². The van der Waals surface area contributed by atoms with Crippen LogP contribution < -0.4 is 20.5 Å². The first kappa shape index (κ1) is 18.4. The Labute approximate surface area is 145 Å². The van der Waals surface area contributed by atoms with Crippen molar-refractivity contribution in [2.75, 3.05) is 33.9 Å². The van der Waals surface area contributed by atoms with E-state index < -0.39 is 0 Å². The lowest BCUT2D eigenvalue weighted by atomic mass is 9.99. The molecular formula is C18H30N4O2. The normalized spacial score (nSPS) is 15.8. The van der Waals surface area contributed by atoms with Crippen LogP contribution in [0.2, 0.25) is 0 Å². The number of ether oxygens (including phenoxy) is 2. The molecule has 0 unspecified atom stereocenters. The summed E-state index contributed by atoms with van der Waals surface area (Å²) in [6.07, 6.45) is 1.01. The number of benzene rings is 1. The maximum absolute atomic E-state index is 5.91. The first-order chi connectivity index (χ1) is 11.3. The number of guanidine groups is 1. The summed E-state index contributed by atoms with van der Waals surface area (Å²) >= 11 is 0. The van der Waals surface area contributed by atoms with Crippen LogP contribution in [0.3, 0.4) is 0 Å². The number of methoxy groups -OCH3 is 2. The summed E-state index contributed by atoms with van der Waals surface area (Å²) in [5, 5.41) is 3.18. The van der Waals surface area contributed by atoms with E-state index in [-0.39, 0.29) is 5.54 Å². The molecule has 0 aromatic heterocycles. The second-order valence-corrected chi connectivity index (χ2v) is 7.14. The summed E-state index contributed by atoms with van der Waals surface area (Å²) in [5.74, 6) is 2.09. The Hall–Kier alpha value is -1.95. The van der Waals surface area contributed by atoms with Crippen LogP contribution in [-0.2, 0) is 13.0 Å². The van der Waals surface area contributed by atoms with Gasteiger partial charge in [-0.15, -0.1) is 0 Å². The number of fused-ring (bicyclic) bond motifs is 1. The summed E-state index contributed by atoms with van der Waals surface area (Å²) in [5.41, 5.74) is 8.48. The van der Waals surface area contributed by atoms with Gasteiger partial charge in [0.05, 0.1) is 20.8 Å². The molecule has 6 nitrogen and oxygen atoms in total.